The number of ether oxygens (including phenoxy) is 1. The van der Waals surface area contributed by atoms with Crippen LogP contribution in [0.15, 0.2) is 12.5 Å². The molecule has 1 aliphatic heterocycles. The third-order valence-electron chi connectivity index (χ3n) is 3.72. The van der Waals surface area contributed by atoms with E-state index in [1.165, 1.54) is 12.1 Å². The van der Waals surface area contributed by atoms with Crippen LogP contribution in [-0.2, 0) is 17.8 Å². The smallest absolute Gasteiger partial charge is 0.0948 e. The van der Waals surface area contributed by atoms with Gasteiger partial charge in [0, 0.05) is 32.4 Å². The normalized spacial score (nSPS) is 23.7. The summed E-state index contributed by atoms with van der Waals surface area (Å²) in [4.78, 5) is 4.22. The van der Waals surface area contributed by atoms with Gasteiger partial charge in [-0.2, -0.15) is 0 Å². The van der Waals surface area contributed by atoms with Gasteiger partial charge in [0.1, 0.15) is 0 Å². The summed E-state index contributed by atoms with van der Waals surface area (Å²) in [6, 6.07) is 0. The number of hydrogen-bond acceptors (Lipinski definition) is 3. The fourth-order valence-corrected chi connectivity index (χ4v) is 2.70. The second kappa shape index (κ2) is 6.90. The van der Waals surface area contributed by atoms with E-state index in [0.29, 0.717) is 12.0 Å². The molecule has 1 N–H and O–H groups in total. The summed E-state index contributed by atoms with van der Waals surface area (Å²) in [5, 5.41) is 3.55. The zero-order valence-electron chi connectivity index (χ0n) is 11.6. The number of aryl methyl sites for hydroxylation is 1. The van der Waals surface area contributed by atoms with Crippen LogP contribution in [0.1, 0.15) is 38.8 Å². The maximum Gasteiger partial charge on any atom is 0.0948 e. The molecule has 18 heavy (non-hydrogen) atoms. The van der Waals surface area contributed by atoms with Gasteiger partial charge < -0.3 is 14.6 Å². The van der Waals surface area contributed by atoms with E-state index < -0.39 is 0 Å². The van der Waals surface area contributed by atoms with Gasteiger partial charge in [-0.3, -0.25) is 0 Å². The van der Waals surface area contributed by atoms with E-state index in [1.54, 1.807) is 0 Å². The maximum absolute atomic E-state index is 5.71. The number of imidazole rings is 1. The Hall–Kier alpha value is -0.870. The predicted octanol–water partition coefficient (Wildman–Crippen LogP) is 2.20. The summed E-state index contributed by atoms with van der Waals surface area (Å²) >= 11 is 0. The van der Waals surface area contributed by atoms with Gasteiger partial charge in [0.25, 0.3) is 0 Å². The van der Waals surface area contributed by atoms with Crippen LogP contribution in [-0.4, -0.2) is 28.8 Å². The number of hydrogen-bond donors (Lipinski definition) is 1. The Morgan fingerprint density at radius 3 is 3.17 bits per heavy atom. The first kappa shape index (κ1) is 13.6. The highest BCUT2D eigenvalue weighted by Crippen LogP contribution is 2.22. The monoisotopic (exact) mass is 251 g/mol. The van der Waals surface area contributed by atoms with E-state index >= 15 is 0 Å². The molecule has 0 spiro atoms. The van der Waals surface area contributed by atoms with Gasteiger partial charge >= 0.3 is 0 Å². The molecule has 1 aromatic heterocycles. The highest BCUT2D eigenvalue weighted by molar-refractivity contribution is 4.98. The Morgan fingerprint density at radius 1 is 1.50 bits per heavy atom. The van der Waals surface area contributed by atoms with Gasteiger partial charge in [0.05, 0.1) is 18.1 Å². The molecule has 4 heteroatoms. The molecule has 0 aliphatic carbocycles. The van der Waals surface area contributed by atoms with Crippen LogP contribution < -0.4 is 5.32 Å². The van der Waals surface area contributed by atoms with Crippen molar-refractivity contribution in [3.05, 3.63) is 18.2 Å². The molecule has 0 saturated carbocycles. The number of nitrogens with one attached hydrogen (secondary N) is 1. The minimum atomic E-state index is 0.457. The quantitative estimate of drug-likeness (QED) is 0.807. The van der Waals surface area contributed by atoms with Crippen LogP contribution in [0.5, 0.6) is 0 Å². The van der Waals surface area contributed by atoms with Gasteiger partial charge in [-0.15, -0.1) is 0 Å². The summed E-state index contributed by atoms with van der Waals surface area (Å²) in [5.41, 5.74) is 1.28. The molecule has 2 heterocycles. The highest BCUT2D eigenvalue weighted by Gasteiger charge is 2.25. The van der Waals surface area contributed by atoms with E-state index in [0.717, 1.165) is 39.1 Å². The number of nitrogens with zero attached hydrogens (tertiary/aromatic N) is 2. The lowest BCUT2D eigenvalue weighted by Crippen LogP contribution is -2.28. The summed E-state index contributed by atoms with van der Waals surface area (Å²) < 4.78 is 7.94. The second-order valence-corrected chi connectivity index (χ2v) is 5.08. The predicted molar refractivity (Wildman–Crippen MR) is 72.4 cm³/mol. The van der Waals surface area contributed by atoms with Crippen molar-refractivity contribution in [1.29, 1.82) is 0 Å². The van der Waals surface area contributed by atoms with Crippen molar-refractivity contribution in [2.75, 3.05) is 13.2 Å². The first-order chi connectivity index (χ1) is 8.85. The Kier molecular flexibility index (Phi) is 5.20. The summed E-state index contributed by atoms with van der Waals surface area (Å²) in [6.07, 6.45) is 7.81. The van der Waals surface area contributed by atoms with Crippen molar-refractivity contribution >= 4 is 0 Å². The lowest BCUT2D eigenvalue weighted by molar-refractivity contribution is 0.0872. The fraction of sp³-hybridized carbons (Fsp3) is 0.786. The molecule has 0 radical (unpaired) electrons. The summed E-state index contributed by atoms with van der Waals surface area (Å²) in [5.74, 6) is 0.678. The van der Waals surface area contributed by atoms with E-state index in [1.807, 2.05) is 12.5 Å². The van der Waals surface area contributed by atoms with Gasteiger partial charge in [-0.25, -0.2) is 4.98 Å². The minimum Gasteiger partial charge on any atom is -0.378 e. The van der Waals surface area contributed by atoms with Gasteiger partial charge in [0.2, 0.25) is 0 Å². The molecule has 2 rings (SSSR count). The van der Waals surface area contributed by atoms with E-state index in [2.05, 4.69) is 28.7 Å². The Balaban J connectivity index is 1.76. The second-order valence-electron chi connectivity index (χ2n) is 5.08. The molecule has 102 valence electrons. The SMILES string of the molecule is CCCn1cncc1CNCC1CCOC1CC. The van der Waals surface area contributed by atoms with Crippen LogP contribution in [0.2, 0.25) is 0 Å². The highest BCUT2D eigenvalue weighted by atomic mass is 16.5. The standard InChI is InChI=1S/C14H25N3O/c1-3-6-17-11-16-10-13(17)9-15-8-12-5-7-18-14(12)4-2/h10-12,14-15H,3-9H2,1-2H3. The van der Waals surface area contributed by atoms with Crippen molar-refractivity contribution in [2.24, 2.45) is 5.92 Å². The van der Waals surface area contributed by atoms with Crippen molar-refractivity contribution in [2.45, 2.75) is 52.3 Å². The largest absolute Gasteiger partial charge is 0.378 e. The van der Waals surface area contributed by atoms with Crippen LogP contribution in [0.3, 0.4) is 0 Å². The van der Waals surface area contributed by atoms with Gasteiger partial charge in [-0.1, -0.05) is 13.8 Å². The molecular formula is C14H25N3O. The van der Waals surface area contributed by atoms with Crippen LogP contribution in [0, 0.1) is 5.92 Å². The zero-order chi connectivity index (χ0) is 12.8. The third-order valence-corrected chi connectivity index (χ3v) is 3.72. The molecule has 1 aliphatic rings. The summed E-state index contributed by atoms with van der Waals surface area (Å²) in [7, 11) is 0. The van der Waals surface area contributed by atoms with E-state index in [-0.39, 0.29) is 0 Å². The Bertz CT molecular complexity index is 351. The number of rotatable bonds is 7. The van der Waals surface area contributed by atoms with E-state index in [4.69, 9.17) is 4.74 Å². The molecule has 4 nitrogen and oxygen atoms in total. The zero-order valence-corrected chi connectivity index (χ0v) is 11.6. The fourth-order valence-electron chi connectivity index (χ4n) is 2.70. The molecule has 1 aromatic rings. The van der Waals surface area contributed by atoms with Crippen molar-refractivity contribution < 1.29 is 4.74 Å². The number of aromatic nitrogens is 2. The average Bonchev–Trinajstić information content (AvgIpc) is 2.99. The molecular weight excluding hydrogens is 226 g/mol. The molecule has 0 aromatic carbocycles. The van der Waals surface area contributed by atoms with E-state index in [9.17, 15) is 0 Å². The third kappa shape index (κ3) is 3.33. The summed E-state index contributed by atoms with van der Waals surface area (Å²) in [6.45, 7) is 8.35. The van der Waals surface area contributed by atoms with Crippen molar-refractivity contribution in [3.8, 4) is 0 Å². The van der Waals surface area contributed by atoms with Crippen molar-refractivity contribution in [1.82, 2.24) is 14.9 Å². The lowest BCUT2D eigenvalue weighted by Gasteiger charge is -2.17. The first-order valence-electron chi connectivity index (χ1n) is 7.16. The average molecular weight is 251 g/mol. The topological polar surface area (TPSA) is 39.1 Å². The van der Waals surface area contributed by atoms with Crippen molar-refractivity contribution in [3.63, 3.8) is 0 Å². The minimum absolute atomic E-state index is 0.457. The lowest BCUT2D eigenvalue weighted by atomic mass is 10.00. The van der Waals surface area contributed by atoms with Gasteiger partial charge in [0.15, 0.2) is 0 Å². The molecule has 0 bridgehead atoms. The van der Waals surface area contributed by atoms with Crippen LogP contribution in [0.25, 0.3) is 0 Å². The first-order valence-corrected chi connectivity index (χ1v) is 7.16. The molecule has 1 fully saturated rings. The van der Waals surface area contributed by atoms with Crippen LogP contribution >= 0.6 is 0 Å². The maximum atomic E-state index is 5.71. The molecule has 0 amide bonds. The molecule has 2 atom stereocenters. The van der Waals surface area contributed by atoms with Gasteiger partial charge in [-0.05, 0) is 25.2 Å². The van der Waals surface area contributed by atoms with Crippen LogP contribution in [0.4, 0.5) is 0 Å². The molecule has 1 saturated heterocycles. The Labute approximate surface area is 110 Å². The molecule has 2 unspecified atom stereocenters. The Morgan fingerprint density at radius 2 is 2.39 bits per heavy atom.